The largest absolute Gasteiger partial charge is 0.396 e. The van der Waals surface area contributed by atoms with E-state index in [1.54, 1.807) is 0 Å². The van der Waals surface area contributed by atoms with Crippen LogP contribution < -0.4 is 4.84 Å². The molecule has 0 bridgehead atoms. The number of nitrogens with one attached hydrogen (secondary N) is 1. The van der Waals surface area contributed by atoms with Crippen LogP contribution in [-0.2, 0) is 21.1 Å². The molecule has 0 aromatic rings. The molecule has 0 aliphatic rings. The Morgan fingerprint density at radius 2 is 2.14 bits per heavy atom. The van der Waals surface area contributed by atoms with Crippen LogP contribution in [0.4, 0.5) is 0 Å². The topological polar surface area (TPSA) is 32.3 Å². The molecule has 0 amide bonds. The molecular weight excluding hydrogens is 297 g/mol. The predicted octanol–water partition coefficient (Wildman–Crippen LogP) is 0.110. The Morgan fingerprint density at radius 3 is 2.29 bits per heavy atom. The fourth-order valence-corrected chi connectivity index (χ4v) is 0.280. The van der Waals surface area contributed by atoms with Gasteiger partial charge in [0.15, 0.2) is 0 Å². The summed E-state index contributed by atoms with van der Waals surface area (Å²) in [7, 11) is 0. The molecule has 0 saturated carbocycles. The van der Waals surface area contributed by atoms with Crippen LogP contribution in [0.5, 0.6) is 0 Å². The van der Waals surface area contributed by atoms with Crippen molar-refractivity contribution in [2.24, 2.45) is 0 Å². The van der Waals surface area contributed by atoms with E-state index in [-0.39, 0.29) is 27.7 Å². The van der Waals surface area contributed by atoms with E-state index in [9.17, 15) is 0 Å². The Balaban J connectivity index is 0. The van der Waals surface area contributed by atoms with Crippen LogP contribution in [-0.4, -0.2) is 18.3 Å². The Hall–Kier alpha value is 0.898. The molecule has 0 fully saturated rings. The van der Waals surface area contributed by atoms with Crippen LogP contribution in [0.15, 0.2) is 0 Å². The van der Waals surface area contributed by atoms with Crippen molar-refractivity contribution in [3.63, 3.8) is 0 Å². The normalized spacial score (nSPS) is 7.71. The number of rotatable bonds is 3. The third kappa shape index (κ3) is 10.9. The van der Waals surface area contributed by atoms with E-state index in [1.165, 1.54) is 0 Å². The van der Waals surface area contributed by atoms with Gasteiger partial charge in [0.2, 0.25) is 0 Å². The summed E-state index contributed by atoms with van der Waals surface area (Å²) >= 11 is 5.02. The van der Waals surface area contributed by atoms with Gasteiger partial charge in [0.1, 0.15) is 0 Å². The first-order valence-electron chi connectivity index (χ1n) is 1.86. The zero-order valence-electron chi connectivity index (χ0n) is 3.76. The first-order chi connectivity index (χ1) is 2.91. The van der Waals surface area contributed by atoms with Gasteiger partial charge in [-0.3, -0.25) is 0 Å². The fraction of sp³-hybridized carbons (Fsp3) is 1.00. The third-order valence-corrected chi connectivity index (χ3v) is 0.618. The summed E-state index contributed by atoms with van der Waals surface area (Å²) in [5.41, 5.74) is 0. The molecule has 2 nitrogen and oxygen atoms in total. The molecule has 0 aliphatic heterocycles. The minimum Gasteiger partial charge on any atom is -0.396 e. The standard InChI is InChI=1S/C3H8ClNO.Pt/c4-5-2-1-3-6;/h5-6H,1-3H2;. The maximum atomic E-state index is 8.10. The SMILES string of the molecule is OCCCNCl.[Pt]. The van der Waals surface area contributed by atoms with Crippen molar-refractivity contribution in [1.29, 1.82) is 0 Å². The molecule has 0 radical (unpaired) electrons. The van der Waals surface area contributed by atoms with Crippen LogP contribution in [0, 0.1) is 0 Å². The van der Waals surface area contributed by atoms with E-state index >= 15 is 0 Å². The predicted molar refractivity (Wildman–Crippen MR) is 25.6 cm³/mol. The molecule has 7 heavy (non-hydrogen) atoms. The van der Waals surface area contributed by atoms with Crippen molar-refractivity contribution in [3.05, 3.63) is 0 Å². The quantitative estimate of drug-likeness (QED) is 0.573. The van der Waals surface area contributed by atoms with Crippen LogP contribution in [0.25, 0.3) is 0 Å². The maximum absolute atomic E-state index is 8.10. The molecule has 0 spiro atoms. The van der Waals surface area contributed by atoms with E-state index in [0.717, 1.165) is 6.42 Å². The number of aliphatic hydroxyl groups is 1. The second-order valence-electron chi connectivity index (χ2n) is 0.961. The van der Waals surface area contributed by atoms with Gasteiger partial charge in [-0.1, -0.05) is 0 Å². The Labute approximate surface area is 62.6 Å². The minimum atomic E-state index is 0. The average Bonchev–Trinajstić information content (AvgIpc) is 1.61. The zero-order valence-corrected chi connectivity index (χ0v) is 6.79. The molecule has 0 heterocycles. The zero-order chi connectivity index (χ0) is 4.83. The number of hydrogen-bond donors (Lipinski definition) is 2. The fourth-order valence-electron chi connectivity index (χ4n) is 0.146. The monoisotopic (exact) mass is 304 g/mol. The van der Waals surface area contributed by atoms with Gasteiger partial charge in [-0.25, -0.2) is 4.84 Å². The van der Waals surface area contributed by atoms with Crippen molar-refractivity contribution < 1.29 is 26.2 Å². The van der Waals surface area contributed by atoms with E-state index in [2.05, 4.69) is 4.84 Å². The van der Waals surface area contributed by atoms with Crippen molar-refractivity contribution in [1.82, 2.24) is 4.84 Å². The molecule has 0 atom stereocenters. The number of aliphatic hydroxyl groups excluding tert-OH is 1. The third-order valence-electron chi connectivity index (χ3n) is 0.429. The van der Waals surface area contributed by atoms with Gasteiger partial charge in [0.05, 0.1) is 0 Å². The van der Waals surface area contributed by atoms with Crippen LogP contribution >= 0.6 is 11.8 Å². The first kappa shape index (κ1) is 10.8. The summed E-state index contributed by atoms with van der Waals surface area (Å²) in [5, 5.41) is 8.10. The van der Waals surface area contributed by atoms with Gasteiger partial charge < -0.3 is 5.11 Å². The van der Waals surface area contributed by atoms with Gasteiger partial charge in [0, 0.05) is 34.2 Å². The smallest absolute Gasteiger partial charge is 0.0443 e. The molecule has 0 unspecified atom stereocenters. The van der Waals surface area contributed by atoms with Gasteiger partial charge in [0.25, 0.3) is 0 Å². The summed E-state index contributed by atoms with van der Waals surface area (Å²) in [6.45, 7) is 0.887. The molecule has 0 aromatic heterocycles. The summed E-state index contributed by atoms with van der Waals surface area (Å²) in [4.78, 5) is 2.38. The Morgan fingerprint density at radius 1 is 1.57 bits per heavy atom. The second kappa shape index (κ2) is 10.0. The Kier molecular flexibility index (Phi) is 15.4. The van der Waals surface area contributed by atoms with Crippen LogP contribution in [0.3, 0.4) is 0 Å². The van der Waals surface area contributed by atoms with Crippen molar-refractivity contribution >= 4 is 11.8 Å². The molecule has 48 valence electrons. The summed E-state index contributed by atoms with van der Waals surface area (Å²) in [6, 6.07) is 0. The van der Waals surface area contributed by atoms with E-state index < -0.39 is 0 Å². The molecule has 0 rings (SSSR count). The van der Waals surface area contributed by atoms with E-state index in [0.29, 0.717) is 6.54 Å². The molecule has 4 heteroatoms. The van der Waals surface area contributed by atoms with E-state index in [4.69, 9.17) is 16.9 Å². The first-order valence-corrected chi connectivity index (χ1v) is 2.24. The summed E-state index contributed by atoms with van der Waals surface area (Å²) in [6.07, 6.45) is 0.726. The van der Waals surface area contributed by atoms with Crippen LogP contribution in [0.2, 0.25) is 0 Å². The Bertz CT molecular complexity index is 26.9. The second-order valence-corrected chi connectivity index (χ2v) is 1.23. The van der Waals surface area contributed by atoms with Gasteiger partial charge >= 0.3 is 0 Å². The minimum absolute atomic E-state index is 0. The van der Waals surface area contributed by atoms with Gasteiger partial charge in [-0.05, 0) is 18.2 Å². The molecule has 0 aliphatic carbocycles. The molecular formula is C3H8ClNOPt. The van der Waals surface area contributed by atoms with Crippen molar-refractivity contribution in [2.75, 3.05) is 13.2 Å². The molecule has 0 aromatic carbocycles. The van der Waals surface area contributed by atoms with Gasteiger partial charge in [-0.2, -0.15) is 0 Å². The average molecular weight is 305 g/mol. The number of hydrogen-bond acceptors (Lipinski definition) is 2. The van der Waals surface area contributed by atoms with Crippen molar-refractivity contribution in [2.45, 2.75) is 6.42 Å². The van der Waals surface area contributed by atoms with Crippen LogP contribution in [0.1, 0.15) is 6.42 Å². The summed E-state index contributed by atoms with van der Waals surface area (Å²) < 4.78 is 0. The molecule has 0 saturated heterocycles. The van der Waals surface area contributed by atoms with Crippen molar-refractivity contribution in [3.8, 4) is 0 Å². The summed E-state index contributed by atoms with van der Waals surface area (Å²) in [5.74, 6) is 0. The molecule has 2 N–H and O–H groups in total. The maximum Gasteiger partial charge on any atom is 0.0443 e. The van der Waals surface area contributed by atoms with E-state index in [1.807, 2.05) is 0 Å². The number of halogens is 1. The van der Waals surface area contributed by atoms with Gasteiger partial charge in [-0.15, -0.1) is 0 Å².